The predicted molar refractivity (Wildman–Crippen MR) is 28.0 cm³/mol. The average Bonchev–Trinajstić information content (AvgIpc) is 1.88. The molecular weight excluding hydrogens is 212 g/mol. The molecule has 0 saturated carbocycles. The van der Waals surface area contributed by atoms with E-state index >= 15 is 0 Å². The molecule has 1 N–H and O–H groups in total. The number of aromatic nitrogens is 2. The van der Waals surface area contributed by atoms with Crippen LogP contribution in [0.4, 0.5) is 0 Å². The van der Waals surface area contributed by atoms with Crippen molar-refractivity contribution in [3.8, 4) is 0 Å². The Morgan fingerprint density at radius 3 is 2.18 bits per heavy atom. The standard InChI is InChI=1S/C4H4N2.ClH.Cr.3O/c1-2-5-4-6-3-1;;;;;/h1-4H;1H;;;;/q;;+1;;;-1. The van der Waals surface area contributed by atoms with Crippen LogP contribution in [0.1, 0.15) is 0 Å². The van der Waals surface area contributed by atoms with E-state index in [2.05, 4.69) is 20.0 Å². The van der Waals surface area contributed by atoms with Gasteiger partial charge in [-0.25, -0.2) is 0 Å². The maximum Gasteiger partial charge on any atom is 0.283 e. The summed E-state index contributed by atoms with van der Waals surface area (Å²) in [7, 11) is 4.02. The first kappa shape index (κ1) is 10.5. The van der Waals surface area contributed by atoms with Crippen molar-refractivity contribution in [3.05, 3.63) is 24.8 Å². The van der Waals surface area contributed by atoms with Gasteiger partial charge < -0.3 is 0 Å². The number of H-pyrrole nitrogens is 1. The largest absolute Gasteiger partial charge is 0.283 e. The minimum absolute atomic E-state index is 1.62. The van der Waals surface area contributed by atoms with Crippen molar-refractivity contribution in [3.63, 3.8) is 0 Å². The zero-order valence-electron chi connectivity index (χ0n) is 5.27. The van der Waals surface area contributed by atoms with E-state index in [1.54, 1.807) is 12.5 Å². The van der Waals surface area contributed by atoms with Crippen LogP contribution in [0.5, 0.6) is 0 Å². The maximum atomic E-state index is 8.91. The first-order valence-electron chi connectivity index (χ1n) is 2.41. The van der Waals surface area contributed by atoms with Crippen LogP contribution in [-0.2, 0) is 20.0 Å². The molecule has 0 bridgehead atoms. The van der Waals surface area contributed by atoms with Gasteiger partial charge in [-0.1, -0.05) is 4.98 Å². The van der Waals surface area contributed by atoms with E-state index in [1.165, 1.54) is 0 Å². The van der Waals surface area contributed by atoms with Gasteiger partial charge in [0.25, 0.3) is 6.33 Å². The van der Waals surface area contributed by atoms with E-state index in [0.29, 0.717) is 0 Å². The summed E-state index contributed by atoms with van der Waals surface area (Å²) in [6.45, 7) is 0. The van der Waals surface area contributed by atoms with Crippen molar-refractivity contribution in [2.45, 2.75) is 0 Å². The summed E-state index contributed by atoms with van der Waals surface area (Å²) in [5.74, 6) is 0. The Labute approximate surface area is 69.3 Å². The van der Waals surface area contributed by atoms with Crippen LogP contribution >= 0.6 is 10.0 Å². The molecule has 1 heterocycles. The molecule has 0 radical (unpaired) electrons. The van der Waals surface area contributed by atoms with Gasteiger partial charge in [-0.05, 0) is 0 Å². The molecule has 0 aliphatic heterocycles. The quantitative estimate of drug-likeness (QED) is 0.566. The Hall–Kier alpha value is -0.538. The number of nitrogens with one attached hydrogen (secondary N) is 1. The van der Waals surface area contributed by atoms with E-state index in [0.717, 1.165) is 0 Å². The third-order valence-electron chi connectivity index (χ3n) is 0.514. The van der Waals surface area contributed by atoms with Crippen LogP contribution < -0.4 is 9.14 Å². The minimum Gasteiger partial charge on any atom is -0.250 e. The van der Waals surface area contributed by atoms with Gasteiger partial charge in [0.15, 0.2) is 0 Å². The summed E-state index contributed by atoms with van der Waals surface area (Å²) in [5.41, 5.74) is 0. The van der Waals surface area contributed by atoms with Gasteiger partial charge in [0, 0.05) is 6.07 Å². The first-order chi connectivity index (χ1) is 5.00. The summed E-state index contributed by atoms with van der Waals surface area (Å²) < 4.78 is 26.7. The van der Waals surface area contributed by atoms with Crippen LogP contribution in [0.2, 0.25) is 0 Å². The molecule has 5 nitrogen and oxygen atoms in total. The second-order valence-corrected chi connectivity index (χ2v) is 4.13. The molecule has 0 spiro atoms. The second kappa shape index (κ2) is 5.16. The topological polar surface area (TPSA) is 84.2 Å². The first-order valence-corrected chi connectivity index (χ1v) is 5.73. The number of aromatic amines is 1. The third-order valence-corrected chi connectivity index (χ3v) is 0.514. The summed E-state index contributed by atoms with van der Waals surface area (Å²) >= 11 is -5.03. The monoisotopic (exact) mass is 216 g/mol. The molecule has 1 aromatic heterocycles. The molecule has 1 aromatic rings. The molecule has 0 fully saturated rings. The molecule has 1 rings (SSSR count). The number of hydrogen-bond acceptors (Lipinski definition) is 4. The van der Waals surface area contributed by atoms with Gasteiger partial charge >= 0.3 is 34.2 Å². The Kier molecular flexibility index (Phi) is 4.91. The molecule has 0 aliphatic carbocycles. The second-order valence-electron chi connectivity index (χ2n) is 1.35. The normalized spacial score (nSPS) is 9.64. The maximum absolute atomic E-state index is 8.91. The van der Waals surface area contributed by atoms with Crippen molar-refractivity contribution in [1.82, 2.24) is 4.98 Å². The Morgan fingerprint density at radius 1 is 1.55 bits per heavy atom. The van der Waals surface area contributed by atoms with Crippen molar-refractivity contribution in [2.75, 3.05) is 0 Å². The summed E-state index contributed by atoms with van der Waals surface area (Å²) in [4.78, 5) is 6.51. The van der Waals surface area contributed by atoms with Gasteiger partial charge in [0.05, 0.1) is 6.20 Å². The predicted octanol–water partition coefficient (Wildman–Crippen LogP) is -0.844. The van der Waals surface area contributed by atoms with Crippen molar-refractivity contribution < 1.29 is 29.1 Å². The van der Waals surface area contributed by atoms with Crippen LogP contribution in [0.15, 0.2) is 24.8 Å². The Balaban J connectivity index is 0.000000187. The molecule has 0 atom stereocenters. The fourth-order valence-electron chi connectivity index (χ4n) is 0.277. The average molecular weight is 217 g/mol. The minimum atomic E-state index is -5.03. The zero-order chi connectivity index (χ0) is 8.74. The number of rotatable bonds is 0. The fourth-order valence-corrected chi connectivity index (χ4v) is 0.277. The molecule has 0 amide bonds. The number of nitrogens with zero attached hydrogens (tertiary/aromatic N) is 1. The Morgan fingerprint density at radius 2 is 2.09 bits per heavy atom. The molecular formula is C4H5ClCrN2O3. The third kappa shape index (κ3) is 17.7. The fraction of sp³-hybridized carbons (Fsp3) is 0. The van der Waals surface area contributed by atoms with E-state index in [9.17, 15) is 0 Å². The zero-order valence-corrected chi connectivity index (χ0v) is 7.30. The molecule has 0 saturated heterocycles. The van der Waals surface area contributed by atoms with Crippen molar-refractivity contribution in [2.24, 2.45) is 0 Å². The van der Waals surface area contributed by atoms with Crippen LogP contribution in [0.3, 0.4) is 0 Å². The Bertz CT molecular complexity index is 240. The van der Waals surface area contributed by atoms with Gasteiger partial charge in [0.2, 0.25) is 0 Å². The SMILES string of the molecule is [O]=[Cr](=[O])([O-])[Cl].c1cnc[nH+]c1. The van der Waals surface area contributed by atoms with E-state index in [4.69, 9.17) is 11.8 Å². The molecule has 11 heavy (non-hydrogen) atoms. The summed E-state index contributed by atoms with van der Waals surface area (Å²) in [6, 6.07) is 1.83. The van der Waals surface area contributed by atoms with Gasteiger partial charge in [0.1, 0.15) is 6.20 Å². The number of halogens is 1. The van der Waals surface area contributed by atoms with E-state index in [1.807, 2.05) is 12.3 Å². The van der Waals surface area contributed by atoms with Crippen LogP contribution in [-0.4, -0.2) is 4.98 Å². The van der Waals surface area contributed by atoms with Crippen LogP contribution in [0, 0.1) is 0 Å². The molecule has 7 heteroatoms. The van der Waals surface area contributed by atoms with Crippen LogP contribution in [0.25, 0.3) is 0 Å². The summed E-state index contributed by atoms with van der Waals surface area (Å²) in [6.07, 6.45) is 5.16. The van der Waals surface area contributed by atoms with E-state index < -0.39 is 12.4 Å². The summed E-state index contributed by atoms with van der Waals surface area (Å²) in [5, 5.41) is 0. The van der Waals surface area contributed by atoms with E-state index in [-0.39, 0.29) is 0 Å². The molecule has 0 unspecified atom stereocenters. The molecule has 0 aromatic carbocycles. The molecule has 0 aliphatic rings. The van der Waals surface area contributed by atoms with Crippen molar-refractivity contribution >= 4 is 10.0 Å². The van der Waals surface area contributed by atoms with Gasteiger partial charge in [-0.2, -0.15) is 0 Å². The van der Waals surface area contributed by atoms with Gasteiger partial charge in [-0.15, -0.1) is 0 Å². The number of hydrogen-bond donors (Lipinski definition) is 0. The smallest absolute Gasteiger partial charge is 0.250 e. The molecule has 62 valence electrons. The van der Waals surface area contributed by atoms with Gasteiger partial charge in [-0.3, -0.25) is 4.98 Å². The van der Waals surface area contributed by atoms with Crippen molar-refractivity contribution in [1.29, 1.82) is 0 Å².